The minimum absolute atomic E-state index is 0.171. The highest BCUT2D eigenvalue weighted by Gasteiger charge is 2.04. The maximum atomic E-state index is 11.8. The smallest absolute Gasteiger partial charge is 0.162 e. The minimum Gasteiger partial charge on any atom is -0.381 e. The van der Waals surface area contributed by atoms with Gasteiger partial charge < -0.3 is 4.74 Å². The zero-order chi connectivity index (χ0) is 12.5. The molecular weight excluding hydrogens is 280 g/mol. The minimum atomic E-state index is 0.171. The number of benzene rings is 1. The first-order chi connectivity index (χ1) is 8.24. The van der Waals surface area contributed by atoms with Gasteiger partial charge in [0, 0.05) is 29.7 Å². The summed E-state index contributed by atoms with van der Waals surface area (Å²) in [5.41, 5.74) is 0.763. The summed E-state index contributed by atoms with van der Waals surface area (Å²) in [5, 5.41) is 0. The molecule has 0 saturated carbocycles. The summed E-state index contributed by atoms with van der Waals surface area (Å²) in [5.74, 6) is 0.171. The van der Waals surface area contributed by atoms with E-state index >= 15 is 0 Å². The quantitative estimate of drug-likeness (QED) is 0.412. The molecule has 0 spiro atoms. The number of halogens is 1. The van der Waals surface area contributed by atoms with Crippen LogP contribution in [0.3, 0.4) is 0 Å². The Morgan fingerprint density at radius 2 is 2.00 bits per heavy atom. The second-order valence-electron chi connectivity index (χ2n) is 3.72. The lowest BCUT2D eigenvalue weighted by Crippen LogP contribution is -2.02. The van der Waals surface area contributed by atoms with Crippen LogP contribution in [0, 0.1) is 0 Å². The summed E-state index contributed by atoms with van der Waals surface area (Å²) in [7, 11) is 0. The lowest BCUT2D eigenvalue weighted by atomic mass is 10.1. The molecule has 2 nitrogen and oxygen atoms in total. The summed E-state index contributed by atoms with van der Waals surface area (Å²) < 4.78 is 6.34. The Morgan fingerprint density at radius 1 is 1.29 bits per heavy atom. The molecule has 0 atom stereocenters. The summed E-state index contributed by atoms with van der Waals surface area (Å²) in [6, 6.07) is 7.44. The predicted molar refractivity (Wildman–Crippen MR) is 73.3 cm³/mol. The lowest BCUT2D eigenvalue weighted by Gasteiger charge is -2.03. The molecule has 0 bridgehead atoms. The molecule has 0 unspecified atom stereocenters. The highest BCUT2D eigenvalue weighted by molar-refractivity contribution is 9.10. The molecule has 0 heterocycles. The van der Waals surface area contributed by atoms with Gasteiger partial charge in [0.05, 0.1) is 0 Å². The normalized spacial score (nSPS) is 10.2. The zero-order valence-corrected chi connectivity index (χ0v) is 11.4. The number of Topliss-reactive ketones (excluding diaryl/α,β-unsaturated/α-hetero) is 1. The van der Waals surface area contributed by atoms with E-state index in [-0.39, 0.29) is 5.78 Å². The first kappa shape index (κ1) is 14.1. The van der Waals surface area contributed by atoms with Crippen LogP contribution in [0.4, 0.5) is 0 Å². The number of hydrogen-bond acceptors (Lipinski definition) is 2. The molecule has 0 aliphatic rings. The molecule has 92 valence electrons. The molecule has 0 saturated heterocycles. The van der Waals surface area contributed by atoms with Crippen LogP contribution in [0.15, 0.2) is 41.4 Å². The molecular formula is C14H17BrO2. The molecule has 0 fully saturated rings. The molecule has 0 aromatic heterocycles. The van der Waals surface area contributed by atoms with Crippen LogP contribution in [0.25, 0.3) is 0 Å². The third-order valence-electron chi connectivity index (χ3n) is 2.33. The summed E-state index contributed by atoms with van der Waals surface area (Å²) in [6.07, 6.45) is 4.00. The number of carbonyl (C=O) groups excluding carboxylic acids is 1. The zero-order valence-electron chi connectivity index (χ0n) is 9.82. The van der Waals surface area contributed by atoms with Gasteiger partial charge in [0.1, 0.15) is 0 Å². The second-order valence-corrected chi connectivity index (χ2v) is 4.64. The van der Waals surface area contributed by atoms with Gasteiger partial charge in [-0.15, -0.1) is 6.58 Å². The maximum Gasteiger partial charge on any atom is 0.162 e. The summed E-state index contributed by atoms with van der Waals surface area (Å²) >= 11 is 3.34. The van der Waals surface area contributed by atoms with Gasteiger partial charge in [-0.05, 0) is 25.0 Å². The van der Waals surface area contributed by atoms with Crippen LogP contribution in [0.1, 0.15) is 29.6 Å². The highest BCUT2D eigenvalue weighted by Crippen LogP contribution is 2.12. The van der Waals surface area contributed by atoms with E-state index in [1.54, 1.807) is 0 Å². The van der Waals surface area contributed by atoms with Crippen LogP contribution in [-0.4, -0.2) is 19.0 Å². The van der Waals surface area contributed by atoms with Gasteiger partial charge in [-0.25, -0.2) is 0 Å². The van der Waals surface area contributed by atoms with Crippen molar-refractivity contribution in [1.29, 1.82) is 0 Å². The third kappa shape index (κ3) is 5.80. The van der Waals surface area contributed by atoms with E-state index < -0.39 is 0 Å². The Hall–Kier alpha value is -0.930. The van der Waals surface area contributed by atoms with Crippen molar-refractivity contribution in [2.75, 3.05) is 13.2 Å². The molecule has 3 heteroatoms. The fourth-order valence-electron chi connectivity index (χ4n) is 1.38. The monoisotopic (exact) mass is 296 g/mol. The fraction of sp³-hybridized carbons (Fsp3) is 0.357. The maximum absolute atomic E-state index is 11.8. The van der Waals surface area contributed by atoms with Crippen LogP contribution in [0.5, 0.6) is 0 Å². The van der Waals surface area contributed by atoms with Gasteiger partial charge in [0.2, 0.25) is 0 Å². The van der Waals surface area contributed by atoms with Crippen molar-refractivity contribution in [1.82, 2.24) is 0 Å². The van der Waals surface area contributed by atoms with Gasteiger partial charge in [-0.1, -0.05) is 34.1 Å². The number of ether oxygens (including phenoxy) is 1. The van der Waals surface area contributed by atoms with Crippen molar-refractivity contribution >= 4 is 21.7 Å². The van der Waals surface area contributed by atoms with Crippen LogP contribution >= 0.6 is 15.9 Å². The Bertz CT molecular complexity index is 357. The van der Waals surface area contributed by atoms with Crippen molar-refractivity contribution in [3.05, 3.63) is 47.0 Å². The highest BCUT2D eigenvalue weighted by atomic mass is 79.9. The number of rotatable bonds is 8. The van der Waals surface area contributed by atoms with E-state index in [9.17, 15) is 4.79 Å². The summed E-state index contributed by atoms with van der Waals surface area (Å²) in [4.78, 5) is 11.8. The third-order valence-corrected chi connectivity index (χ3v) is 2.85. The fourth-order valence-corrected chi connectivity index (χ4v) is 1.65. The van der Waals surface area contributed by atoms with Crippen molar-refractivity contribution in [2.45, 2.75) is 19.3 Å². The van der Waals surface area contributed by atoms with Crippen LogP contribution < -0.4 is 0 Å². The van der Waals surface area contributed by atoms with E-state index in [0.29, 0.717) is 19.6 Å². The van der Waals surface area contributed by atoms with Crippen molar-refractivity contribution < 1.29 is 9.53 Å². The van der Waals surface area contributed by atoms with Crippen LogP contribution in [-0.2, 0) is 4.74 Å². The first-order valence-electron chi connectivity index (χ1n) is 5.71. The van der Waals surface area contributed by atoms with Gasteiger partial charge >= 0.3 is 0 Å². The average Bonchev–Trinajstić information content (AvgIpc) is 2.34. The van der Waals surface area contributed by atoms with Gasteiger partial charge in [0.15, 0.2) is 5.78 Å². The molecule has 0 amide bonds. The summed E-state index contributed by atoms with van der Waals surface area (Å²) in [6.45, 7) is 4.94. The van der Waals surface area contributed by atoms with Gasteiger partial charge in [-0.2, -0.15) is 0 Å². The lowest BCUT2D eigenvalue weighted by molar-refractivity contribution is 0.0941. The molecule has 0 aliphatic carbocycles. The number of ketones is 1. The van der Waals surface area contributed by atoms with Crippen LogP contribution in [0.2, 0.25) is 0 Å². The Kier molecular flexibility index (Phi) is 6.82. The Balaban J connectivity index is 2.21. The molecule has 1 aromatic carbocycles. The largest absolute Gasteiger partial charge is 0.381 e. The Morgan fingerprint density at radius 3 is 2.65 bits per heavy atom. The Labute approximate surface area is 111 Å². The number of carbonyl (C=O) groups is 1. The van der Waals surface area contributed by atoms with Crippen molar-refractivity contribution in [3.63, 3.8) is 0 Å². The van der Waals surface area contributed by atoms with E-state index in [1.807, 2.05) is 30.3 Å². The van der Waals surface area contributed by atoms with Gasteiger partial charge in [0.25, 0.3) is 0 Å². The molecule has 17 heavy (non-hydrogen) atoms. The van der Waals surface area contributed by atoms with Crippen molar-refractivity contribution in [2.24, 2.45) is 0 Å². The first-order valence-corrected chi connectivity index (χ1v) is 6.50. The molecule has 0 aliphatic heterocycles. The van der Waals surface area contributed by atoms with Crippen molar-refractivity contribution in [3.8, 4) is 0 Å². The second kappa shape index (κ2) is 8.20. The van der Waals surface area contributed by atoms with E-state index in [0.717, 1.165) is 22.9 Å². The average molecular weight is 297 g/mol. The molecule has 0 N–H and O–H groups in total. The SMILES string of the molecule is C=CCCOCCCC(=O)c1ccc(Br)cc1. The molecule has 0 radical (unpaired) electrons. The topological polar surface area (TPSA) is 26.3 Å². The molecule has 1 aromatic rings. The van der Waals surface area contributed by atoms with Gasteiger partial charge in [-0.3, -0.25) is 4.79 Å². The predicted octanol–water partition coefficient (Wildman–Crippen LogP) is 4.00. The standard InChI is InChI=1S/C14H17BrO2/c1-2-3-10-17-11-4-5-14(16)12-6-8-13(15)9-7-12/h2,6-9H,1,3-5,10-11H2. The van der Waals surface area contributed by atoms with E-state index in [4.69, 9.17) is 4.74 Å². The molecule has 1 rings (SSSR count). The van der Waals surface area contributed by atoms with E-state index in [1.165, 1.54) is 0 Å². The number of hydrogen-bond donors (Lipinski definition) is 0. The van der Waals surface area contributed by atoms with E-state index in [2.05, 4.69) is 22.5 Å².